The number of nitrogens with one attached hydrogen (secondary N) is 1. The number of carbonyl (C=O) groups excluding carboxylic acids is 2. The highest BCUT2D eigenvalue weighted by molar-refractivity contribution is 6.46. The summed E-state index contributed by atoms with van der Waals surface area (Å²) in [6.07, 6.45) is 0. The van der Waals surface area contributed by atoms with Crippen LogP contribution in [0.15, 0.2) is 84.6 Å². The highest BCUT2D eigenvalue weighted by Crippen LogP contribution is 2.34. The van der Waals surface area contributed by atoms with Crippen LogP contribution in [-0.4, -0.2) is 18.9 Å². The Morgan fingerprint density at radius 1 is 0.806 bits per heavy atom. The first-order chi connectivity index (χ1) is 15.0. The quantitative estimate of drug-likeness (QED) is 0.564. The fraction of sp³-hybridized carbons (Fsp3) is 0.154. The minimum atomic E-state index is -0.387. The molecule has 1 heterocycles. The van der Waals surface area contributed by atoms with Crippen molar-refractivity contribution in [1.82, 2.24) is 0 Å². The van der Waals surface area contributed by atoms with Gasteiger partial charge in [-0.15, -0.1) is 0 Å². The van der Waals surface area contributed by atoms with Crippen molar-refractivity contribution in [2.75, 3.05) is 17.3 Å². The fourth-order valence-electron chi connectivity index (χ4n) is 3.58. The topological polar surface area (TPSA) is 58.6 Å². The molecule has 0 atom stereocenters. The normalized spacial score (nSPS) is 13.9. The van der Waals surface area contributed by atoms with Gasteiger partial charge in [-0.05, 0) is 53.4 Å². The summed E-state index contributed by atoms with van der Waals surface area (Å²) in [6, 6.07) is 24.0. The minimum Gasteiger partial charge on any atom is -0.497 e. The molecule has 0 aromatic heterocycles. The first-order valence-electron chi connectivity index (χ1n) is 10.2. The number of methoxy groups -OCH3 is 1. The molecule has 0 fully saturated rings. The van der Waals surface area contributed by atoms with Gasteiger partial charge in [0.2, 0.25) is 0 Å². The van der Waals surface area contributed by atoms with Crippen molar-refractivity contribution < 1.29 is 14.3 Å². The van der Waals surface area contributed by atoms with E-state index in [-0.39, 0.29) is 17.5 Å². The molecule has 0 radical (unpaired) electrons. The van der Waals surface area contributed by atoms with Crippen LogP contribution in [0.4, 0.5) is 11.4 Å². The van der Waals surface area contributed by atoms with Crippen molar-refractivity contribution >= 4 is 28.8 Å². The third kappa shape index (κ3) is 3.94. The Kier molecular flexibility index (Phi) is 5.58. The van der Waals surface area contributed by atoms with Crippen LogP contribution >= 0.6 is 0 Å². The highest BCUT2D eigenvalue weighted by atomic mass is 16.5. The van der Waals surface area contributed by atoms with Gasteiger partial charge in [0, 0.05) is 5.69 Å². The Bertz CT molecular complexity index is 1130. The van der Waals surface area contributed by atoms with Crippen LogP contribution in [-0.2, 0) is 9.59 Å². The summed E-state index contributed by atoms with van der Waals surface area (Å²) in [5.74, 6) is 0.320. The second-order valence-electron chi connectivity index (χ2n) is 7.66. The molecule has 3 aromatic rings. The van der Waals surface area contributed by atoms with E-state index >= 15 is 0 Å². The Morgan fingerprint density at radius 2 is 1.45 bits per heavy atom. The first kappa shape index (κ1) is 20.4. The predicted molar refractivity (Wildman–Crippen MR) is 123 cm³/mol. The molecule has 0 bridgehead atoms. The lowest BCUT2D eigenvalue weighted by Crippen LogP contribution is -2.32. The molecule has 0 aliphatic carbocycles. The average Bonchev–Trinajstić information content (AvgIpc) is 3.04. The van der Waals surface area contributed by atoms with E-state index in [0.29, 0.717) is 28.5 Å². The summed E-state index contributed by atoms with van der Waals surface area (Å²) >= 11 is 0. The molecule has 1 aliphatic heterocycles. The number of nitrogens with zero attached hydrogens (tertiary/aromatic N) is 1. The molecular weight excluding hydrogens is 388 g/mol. The second-order valence-corrected chi connectivity index (χ2v) is 7.66. The summed E-state index contributed by atoms with van der Waals surface area (Å²) in [4.78, 5) is 28.0. The van der Waals surface area contributed by atoms with Gasteiger partial charge in [-0.3, -0.25) is 9.59 Å². The van der Waals surface area contributed by atoms with Gasteiger partial charge in [-0.2, -0.15) is 0 Å². The summed E-state index contributed by atoms with van der Waals surface area (Å²) < 4.78 is 5.19. The highest BCUT2D eigenvalue weighted by Gasteiger charge is 2.40. The number of hydrogen-bond acceptors (Lipinski definition) is 4. The second kappa shape index (κ2) is 8.48. The molecule has 156 valence electrons. The van der Waals surface area contributed by atoms with Gasteiger partial charge >= 0.3 is 0 Å². The van der Waals surface area contributed by atoms with Crippen LogP contribution in [0.1, 0.15) is 30.9 Å². The van der Waals surface area contributed by atoms with Crippen LogP contribution in [0.2, 0.25) is 0 Å². The van der Waals surface area contributed by atoms with Gasteiger partial charge in [0.1, 0.15) is 11.4 Å². The summed E-state index contributed by atoms with van der Waals surface area (Å²) in [5.41, 5.74) is 3.77. The number of anilines is 2. The SMILES string of the molecule is COc1ccc(N2C(=O)C(Nc3ccc(C(C)C)cc3)=C(c3ccccc3)C2=O)cc1. The molecule has 0 saturated heterocycles. The average molecular weight is 412 g/mol. The Balaban J connectivity index is 1.74. The lowest BCUT2D eigenvalue weighted by molar-refractivity contribution is -0.120. The molecule has 5 heteroatoms. The van der Waals surface area contributed by atoms with E-state index in [0.717, 1.165) is 5.69 Å². The summed E-state index contributed by atoms with van der Waals surface area (Å²) in [6.45, 7) is 4.26. The molecule has 31 heavy (non-hydrogen) atoms. The molecule has 5 nitrogen and oxygen atoms in total. The standard InChI is InChI=1S/C26H24N2O3/c1-17(2)18-9-11-20(12-10-18)27-24-23(19-7-5-4-6-8-19)25(29)28(26(24)30)21-13-15-22(31-3)16-14-21/h4-17,27H,1-3H3. The van der Waals surface area contributed by atoms with Crippen LogP contribution in [0.5, 0.6) is 5.75 Å². The van der Waals surface area contributed by atoms with E-state index in [9.17, 15) is 9.59 Å². The van der Waals surface area contributed by atoms with E-state index in [1.165, 1.54) is 10.5 Å². The van der Waals surface area contributed by atoms with Gasteiger partial charge in [-0.25, -0.2) is 4.90 Å². The molecule has 1 aliphatic rings. The maximum absolute atomic E-state index is 13.4. The van der Waals surface area contributed by atoms with Gasteiger partial charge in [0.25, 0.3) is 11.8 Å². The number of hydrogen-bond donors (Lipinski definition) is 1. The zero-order valence-corrected chi connectivity index (χ0v) is 17.8. The van der Waals surface area contributed by atoms with E-state index in [2.05, 4.69) is 19.2 Å². The van der Waals surface area contributed by atoms with Crippen molar-refractivity contribution in [2.45, 2.75) is 19.8 Å². The maximum Gasteiger partial charge on any atom is 0.282 e. The van der Waals surface area contributed by atoms with Crippen LogP contribution in [0, 0.1) is 0 Å². The van der Waals surface area contributed by atoms with Crippen molar-refractivity contribution in [1.29, 1.82) is 0 Å². The maximum atomic E-state index is 13.4. The number of rotatable bonds is 6. The predicted octanol–water partition coefficient (Wildman–Crippen LogP) is 5.22. The molecule has 4 rings (SSSR count). The third-order valence-corrected chi connectivity index (χ3v) is 5.32. The molecular formula is C26H24N2O3. The number of imide groups is 1. The molecule has 0 spiro atoms. The fourth-order valence-corrected chi connectivity index (χ4v) is 3.58. The van der Waals surface area contributed by atoms with Gasteiger partial charge in [0.05, 0.1) is 18.4 Å². The smallest absolute Gasteiger partial charge is 0.282 e. The number of benzene rings is 3. The first-order valence-corrected chi connectivity index (χ1v) is 10.2. The largest absolute Gasteiger partial charge is 0.497 e. The van der Waals surface area contributed by atoms with Crippen LogP contribution < -0.4 is 15.0 Å². The molecule has 2 amide bonds. The number of ether oxygens (including phenoxy) is 1. The van der Waals surface area contributed by atoms with Crippen molar-refractivity contribution in [3.8, 4) is 5.75 Å². The molecule has 1 N–H and O–H groups in total. The number of carbonyl (C=O) groups is 2. The molecule has 0 unspecified atom stereocenters. The lowest BCUT2D eigenvalue weighted by atomic mass is 10.0. The van der Waals surface area contributed by atoms with E-state index in [4.69, 9.17) is 4.74 Å². The van der Waals surface area contributed by atoms with E-state index < -0.39 is 0 Å². The van der Waals surface area contributed by atoms with Crippen molar-refractivity contribution in [3.05, 3.63) is 95.7 Å². The van der Waals surface area contributed by atoms with Gasteiger partial charge < -0.3 is 10.1 Å². The zero-order chi connectivity index (χ0) is 22.0. The monoisotopic (exact) mass is 412 g/mol. The van der Waals surface area contributed by atoms with E-state index in [1.807, 2.05) is 54.6 Å². The van der Waals surface area contributed by atoms with Crippen LogP contribution in [0.25, 0.3) is 5.57 Å². The lowest BCUT2D eigenvalue weighted by Gasteiger charge is -2.16. The molecule has 3 aromatic carbocycles. The number of amides is 2. The Labute approximate surface area is 182 Å². The van der Waals surface area contributed by atoms with Crippen molar-refractivity contribution in [2.24, 2.45) is 0 Å². The van der Waals surface area contributed by atoms with E-state index in [1.54, 1.807) is 31.4 Å². The summed E-state index contributed by atoms with van der Waals surface area (Å²) in [5, 5.41) is 3.20. The molecule has 0 saturated carbocycles. The van der Waals surface area contributed by atoms with Crippen molar-refractivity contribution in [3.63, 3.8) is 0 Å². The zero-order valence-electron chi connectivity index (χ0n) is 17.8. The third-order valence-electron chi connectivity index (χ3n) is 5.32. The summed E-state index contributed by atoms with van der Waals surface area (Å²) in [7, 11) is 1.57. The minimum absolute atomic E-state index is 0.268. The Hall–Kier alpha value is -3.86. The Morgan fingerprint density at radius 3 is 2.03 bits per heavy atom. The van der Waals surface area contributed by atoms with Crippen LogP contribution in [0.3, 0.4) is 0 Å². The van der Waals surface area contributed by atoms with Gasteiger partial charge in [-0.1, -0.05) is 56.3 Å². The van der Waals surface area contributed by atoms with Gasteiger partial charge in [0.15, 0.2) is 0 Å².